The topological polar surface area (TPSA) is 75.4 Å². The first kappa shape index (κ1) is 21.0. The van der Waals surface area contributed by atoms with E-state index in [4.69, 9.17) is 16.1 Å². The molecule has 2 aromatic rings. The number of benzene rings is 1. The zero-order valence-corrected chi connectivity index (χ0v) is 16.9. The van der Waals surface area contributed by atoms with Crippen LogP contribution in [0.15, 0.2) is 34.9 Å². The fourth-order valence-electron chi connectivity index (χ4n) is 2.67. The molecule has 1 N–H and O–H groups in total. The molecule has 146 valence electrons. The van der Waals surface area contributed by atoms with E-state index in [-0.39, 0.29) is 35.9 Å². The molecule has 0 saturated heterocycles. The second-order valence-electron chi connectivity index (χ2n) is 7.17. The van der Waals surface area contributed by atoms with Gasteiger partial charge in [-0.3, -0.25) is 9.59 Å². The van der Waals surface area contributed by atoms with Crippen LogP contribution in [-0.4, -0.2) is 41.0 Å². The molecule has 0 saturated carbocycles. The molecule has 0 unspecified atom stereocenters. The number of rotatable bonds is 8. The maximum atomic E-state index is 12.9. The highest BCUT2D eigenvalue weighted by molar-refractivity contribution is 6.33. The van der Waals surface area contributed by atoms with Gasteiger partial charge in [-0.05, 0) is 31.9 Å². The number of hydrogen-bond donors (Lipinski definition) is 1. The van der Waals surface area contributed by atoms with Gasteiger partial charge in [-0.25, -0.2) is 0 Å². The van der Waals surface area contributed by atoms with Crippen LogP contribution in [0.4, 0.5) is 0 Å². The summed E-state index contributed by atoms with van der Waals surface area (Å²) in [5.41, 5.74) is 0.882. The van der Waals surface area contributed by atoms with Crippen LogP contribution in [-0.2, 0) is 4.79 Å². The molecule has 0 atom stereocenters. The minimum absolute atomic E-state index is 0.0699. The molecule has 0 aliphatic carbocycles. The van der Waals surface area contributed by atoms with Gasteiger partial charge < -0.3 is 14.7 Å². The summed E-state index contributed by atoms with van der Waals surface area (Å²) in [6.45, 7) is 8.70. The van der Waals surface area contributed by atoms with Gasteiger partial charge in [0.1, 0.15) is 0 Å². The van der Waals surface area contributed by atoms with Gasteiger partial charge in [0.25, 0.3) is 5.91 Å². The fraction of sp³-hybridized carbons (Fsp3) is 0.450. The first-order chi connectivity index (χ1) is 12.8. The SMILES string of the molecule is CC(C)CN(CCC(=O)NC(C)C)C(=O)c1cc(-c2ccccc2Cl)on1. The highest BCUT2D eigenvalue weighted by Gasteiger charge is 2.22. The van der Waals surface area contributed by atoms with Crippen LogP contribution in [0, 0.1) is 5.92 Å². The third kappa shape index (κ3) is 6.10. The third-order valence-corrected chi connectivity index (χ3v) is 4.13. The molecule has 1 heterocycles. The summed E-state index contributed by atoms with van der Waals surface area (Å²) >= 11 is 6.18. The Labute approximate surface area is 164 Å². The average Bonchev–Trinajstić information content (AvgIpc) is 3.07. The van der Waals surface area contributed by atoms with Crippen molar-refractivity contribution in [2.45, 2.75) is 40.2 Å². The van der Waals surface area contributed by atoms with Crippen LogP contribution in [0.1, 0.15) is 44.6 Å². The van der Waals surface area contributed by atoms with Crippen LogP contribution < -0.4 is 5.32 Å². The van der Waals surface area contributed by atoms with Crippen molar-refractivity contribution in [3.63, 3.8) is 0 Å². The normalized spacial score (nSPS) is 11.1. The van der Waals surface area contributed by atoms with Crippen molar-refractivity contribution >= 4 is 23.4 Å². The number of hydrogen-bond acceptors (Lipinski definition) is 4. The second-order valence-corrected chi connectivity index (χ2v) is 7.58. The number of carbonyl (C=O) groups excluding carboxylic acids is 2. The van der Waals surface area contributed by atoms with Crippen LogP contribution >= 0.6 is 11.6 Å². The summed E-state index contributed by atoms with van der Waals surface area (Å²) in [6, 6.07) is 8.87. The van der Waals surface area contributed by atoms with Gasteiger partial charge in [0, 0.05) is 37.2 Å². The smallest absolute Gasteiger partial charge is 0.276 e. The Morgan fingerprint density at radius 2 is 1.93 bits per heavy atom. The second kappa shape index (κ2) is 9.55. The molecular formula is C20H26ClN3O3. The largest absolute Gasteiger partial charge is 0.355 e. The summed E-state index contributed by atoms with van der Waals surface area (Å²) in [6.07, 6.45) is 0.242. The predicted molar refractivity (Wildman–Crippen MR) is 106 cm³/mol. The molecule has 1 aromatic heterocycles. The number of carbonyl (C=O) groups is 2. The lowest BCUT2D eigenvalue weighted by molar-refractivity contribution is -0.121. The molecule has 7 heteroatoms. The van der Waals surface area contributed by atoms with E-state index in [0.29, 0.717) is 29.4 Å². The maximum absolute atomic E-state index is 12.9. The molecule has 2 rings (SSSR count). The zero-order valence-electron chi connectivity index (χ0n) is 16.2. The van der Waals surface area contributed by atoms with Gasteiger partial charge in [0.05, 0.1) is 5.02 Å². The van der Waals surface area contributed by atoms with Gasteiger partial charge in [0.15, 0.2) is 11.5 Å². The summed E-state index contributed by atoms with van der Waals surface area (Å²) < 4.78 is 5.32. The Bertz CT molecular complexity index is 786. The van der Waals surface area contributed by atoms with E-state index in [9.17, 15) is 9.59 Å². The Morgan fingerprint density at radius 1 is 1.22 bits per heavy atom. The molecule has 1 aromatic carbocycles. The monoisotopic (exact) mass is 391 g/mol. The number of halogens is 1. The Balaban J connectivity index is 2.13. The van der Waals surface area contributed by atoms with Crippen molar-refractivity contribution in [3.05, 3.63) is 41.0 Å². The first-order valence-corrected chi connectivity index (χ1v) is 9.46. The Hall–Kier alpha value is -2.34. The van der Waals surface area contributed by atoms with Gasteiger partial charge >= 0.3 is 0 Å². The van der Waals surface area contributed by atoms with Crippen molar-refractivity contribution in [3.8, 4) is 11.3 Å². The van der Waals surface area contributed by atoms with Crippen molar-refractivity contribution in [1.82, 2.24) is 15.4 Å². The lowest BCUT2D eigenvalue weighted by Gasteiger charge is -2.23. The number of aromatic nitrogens is 1. The lowest BCUT2D eigenvalue weighted by atomic mass is 10.1. The number of nitrogens with one attached hydrogen (secondary N) is 1. The Morgan fingerprint density at radius 3 is 2.56 bits per heavy atom. The van der Waals surface area contributed by atoms with Crippen molar-refractivity contribution in [2.24, 2.45) is 5.92 Å². The van der Waals surface area contributed by atoms with Crippen LogP contribution in [0.5, 0.6) is 0 Å². The summed E-state index contributed by atoms with van der Waals surface area (Å²) in [4.78, 5) is 26.5. The minimum Gasteiger partial charge on any atom is -0.355 e. The summed E-state index contributed by atoms with van der Waals surface area (Å²) in [5.74, 6) is 0.356. The van der Waals surface area contributed by atoms with Crippen LogP contribution in [0.2, 0.25) is 5.02 Å². The molecule has 0 aliphatic heterocycles. The van der Waals surface area contributed by atoms with E-state index < -0.39 is 0 Å². The van der Waals surface area contributed by atoms with Gasteiger partial charge in [-0.15, -0.1) is 0 Å². The lowest BCUT2D eigenvalue weighted by Crippen LogP contribution is -2.38. The molecule has 2 amide bonds. The van der Waals surface area contributed by atoms with Gasteiger partial charge in [-0.1, -0.05) is 42.7 Å². The maximum Gasteiger partial charge on any atom is 0.276 e. The fourth-order valence-corrected chi connectivity index (χ4v) is 2.90. The standard InChI is InChI=1S/C20H26ClN3O3/c1-13(2)12-24(10-9-19(25)22-14(3)4)20(26)17-11-18(27-23-17)15-7-5-6-8-16(15)21/h5-8,11,13-14H,9-10,12H2,1-4H3,(H,22,25). The van der Waals surface area contributed by atoms with Crippen molar-refractivity contribution in [2.75, 3.05) is 13.1 Å². The quantitative estimate of drug-likeness (QED) is 0.737. The molecule has 0 aliphatic rings. The minimum atomic E-state index is -0.261. The molecule has 27 heavy (non-hydrogen) atoms. The van der Waals surface area contributed by atoms with Gasteiger partial charge in [-0.2, -0.15) is 0 Å². The number of amides is 2. The molecule has 6 nitrogen and oxygen atoms in total. The molecule has 0 radical (unpaired) electrons. The van der Waals surface area contributed by atoms with Gasteiger partial charge in [0.2, 0.25) is 5.91 Å². The van der Waals surface area contributed by atoms with E-state index in [1.54, 1.807) is 23.1 Å². The Kier molecular flexibility index (Phi) is 7.42. The third-order valence-electron chi connectivity index (χ3n) is 3.80. The highest BCUT2D eigenvalue weighted by Crippen LogP contribution is 2.28. The predicted octanol–water partition coefficient (Wildman–Crippen LogP) is 4.01. The molecule has 0 fully saturated rings. The van der Waals surface area contributed by atoms with E-state index in [1.165, 1.54) is 0 Å². The average molecular weight is 392 g/mol. The van der Waals surface area contributed by atoms with Crippen LogP contribution in [0.3, 0.4) is 0 Å². The van der Waals surface area contributed by atoms with Crippen molar-refractivity contribution in [1.29, 1.82) is 0 Å². The first-order valence-electron chi connectivity index (χ1n) is 9.08. The zero-order chi connectivity index (χ0) is 20.0. The molecule has 0 spiro atoms. The van der Waals surface area contributed by atoms with Crippen molar-refractivity contribution < 1.29 is 14.1 Å². The van der Waals surface area contributed by atoms with E-state index in [1.807, 2.05) is 39.8 Å². The van der Waals surface area contributed by atoms with E-state index >= 15 is 0 Å². The van der Waals surface area contributed by atoms with E-state index in [2.05, 4.69) is 10.5 Å². The molecule has 0 bridgehead atoms. The summed E-state index contributed by atoms with van der Waals surface area (Å²) in [7, 11) is 0. The number of nitrogens with zero attached hydrogens (tertiary/aromatic N) is 2. The van der Waals surface area contributed by atoms with E-state index in [0.717, 1.165) is 0 Å². The molecular weight excluding hydrogens is 366 g/mol. The highest BCUT2D eigenvalue weighted by atomic mass is 35.5. The summed E-state index contributed by atoms with van der Waals surface area (Å²) in [5, 5.41) is 7.27. The van der Waals surface area contributed by atoms with Crippen LogP contribution in [0.25, 0.3) is 11.3 Å².